The minimum absolute atomic E-state index is 0.0707. The molecule has 0 N–H and O–H groups in total. The Hall–Kier alpha value is -3.42. The molecule has 2 aromatic heterocycles. The van der Waals surface area contributed by atoms with Crippen molar-refractivity contribution in [2.75, 3.05) is 36.0 Å². The minimum atomic E-state index is -0.0707. The average molecular weight is 390 g/mol. The Morgan fingerprint density at radius 2 is 1.93 bits per heavy atom. The third kappa shape index (κ3) is 3.20. The summed E-state index contributed by atoms with van der Waals surface area (Å²) >= 11 is 0. The monoisotopic (exact) mass is 390 g/mol. The van der Waals surface area contributed by atoms with Gasteiger partial charge in [-0.1, -0.05) is 18.2 Å². The first-order valence-corrected chi connectivity index (χ1v) is 9.85. The van der Waals surface area contributed by atoms with E-state index in [1.807, 2.05) is 11.0 Å². The van der Waals surface area contributed by atoms with E-state index in [0.29, 0.717) is 37.9 Å². The third-order valence-corrected chi connectivity index (χ3v) is 5.58. The van der Waals surface area contributed by atoms with Gasteiger partial charge in [0.2, 0.25) is 0 Å². The second kappa shape index (κ2) is 7.20. The van der Waals surface area contributed by atoms with Gasteiger partial charge in [0.05, 0.1) is 12.5 Å². The van der Waals surface area contributed by atoms with Crippen LogP contribution < -0.4 is 9.80 Å². The molecule has 3 aromatic rings. The summed E-state index contributed by atoms with van der Waals surface area (Å²) in [6, 6.07) is 12.1. The van der Waals surface area contributed by atoms with Crippen LogP contribution in [0.25, 0.3) is 0 Å². The molecular weight excluding hydrogens is 368 g/mol. The molecule has 0 radical (unpaired) electrons. The standard InChI is InChI=1S/C21H22N6O2/c1-15-13-16-5-2-3-6-17(16)27(15)21-23-19(14-22-24-21)25-8-10-26(11-9-25)20(28)18-7-4-12-29-18/h2-7,12,14-15H,8-11,13H2,1H3. The van der Waals surface area contributed by atoms with Gasteiger partial charge in [0.1, 0.15) is 0 Å². The highest BCUT2D eigenvalue weighted by Gasteiger charge is 2.30. The Bertz CT molecular complexity index is 1010. The molecular formula is C21H22N6O2. The zero-order valence-electron chi connectivity index (χ0n) is 16.2. The highest BCUT2D eigenvalue weighted by molar-refractivity contribution is 5.91. The molecule has 8 nitrogen and oxygen atoms in total. The highest BCUT2D eigenvalue weighted by Crippen LogP contribution is 2.36. The molecule has 148 valence electrons. The van der Waals surface area contributed by atoms with E-state index in [0.717, 1.165) is 17.9 Å². The molecule has 4 heterocycles. The number of hydrogen-bond donors (Lipinski definition) is 0. The van der Waals surface area contributed by atoms with Crippen LogP contribution in [0.5, 0.6) is 0 Å². The van der Waals surface area contributed by atoms with E-state index in [2.05, 4.69) is 45.1 Å². The van der Waals surface area contributed by atoms with Gasteiger partial charge in [0.15, 0.2) is 11.6 Å². The lowest BCUT2D eigenvalue weighted by Gasteiger charge is -2.35. The summed E-state index contributed by atoms with van der Waals surface area (Å²) in [7, 11) is 0. The number of benzene rings is 1. The molecule has 0 spiro atoms. The zero-order chi connectivity index (χ0) is 19.8. The van der Waals surface area contributed by atoms with Crippen LogP contribution in [0.4, 0.5) is 17.5 Å². The smallest absolute Gasteiger partial charge is 0.289 e. The Kier molecular flexibility index (Phi) is 4.38. The number of aromatic nitrogens is 3. The summed E-state index contributed by atoms with van der Waals surface area (Å²) in [6.45, 7) is 4.78. The van der Waals surface area contributed by atoms with Gasteiger partial charge in [-0.05, 0) is 37.1 Å². The summed E-state index contributed by atoms with van der Waals surface area (Å²) in [5, 5.41) is 8.52. The SMILES string of the molecule is CC1Cc2ccccc2N1c1nncc(N2CCN(C(=O)c3ccco3)CC2)n1. The first-order valence-electron chi connectivity index (χ1n) is 9.85. The quantitative estimate of drug-likeness (QED) is 0.680. The van der Waals surface area contributed by atoms with Crippen molar-refractivity contribution in [3.63, 3.8) is 0 Å². The molecule has 0 bridgehead atoms. The largest absolute Gasteiger partial charge is 0.459 e. The van der Waals surface area contributed by atoms with E-state index in [1.54, 1.807) is 18.3 Å². The number of carbonyl (C=O) groups is 1. The molecule has 1 amide bonds. The van der Waals surface area contributed by atoms with Crippen molar-refractivity contribution in [2.24, 2.45) is 0 Å². The normalized spacial score (nSPS) is 18.8. The van der Waals surface area contributed by atoms with E-state index in [4.69, 9.17) is 9.40 Å². The Morgan fingerprint density at radius 3 is 2.72 bits per heavy atom. The first kappa shape index (κ1) is 17.7. The summed E-state index contributed by atoms with van der Waals surface area (Å²) in [5.41, 5.74) is 2.45. The molecule has 2 aliphatic heterocycles. The predicted octanol–water partition coefficient (Wildman–Crippen LogP) is 2.51. The van der Waals surface area contributed by atoms with Gasteiger partial charge in [0, 0.05) is 37.9 Å². The maximum absolute atomic E-state index is 12.5. The lowest BCUT2D eigenvalue weighted by atomic mass is 10.1. The number of nitrogens with zero attached hydrogens (tertiary/aromatic N) is 6. The summed E-state index contributed by atoms with van der Waals surface area (Å²) in [5.74, 6) is 1.72. The van der Waals surface area contributed by atoms with Crippen molar-refractivity contribution < 1.29 is 9.21 Å². The molecule has 8 heteroatoms. The second-order valence-electron chi connectivity index (χ2n) is 7.42. The summed E-state index contributed by atoms with van der Waals surface area (Å²) in [4.78, 5) is 23.4. The van der Waals surface area contributed by atoms with Crippen LogP contribution in [0.15, 0.2) is 53.3 Å². The van der Waals surface area contributed by atoms with Crippen molar-refractivity contribution in [3.8, 4) is 0 Å². The van der Waals surface area contributed by atoms with Gasteiger partial charge in [-0.2, -0.15) is 10.1 Å². The van der Waals surface area contributed by atoms with Crippen LogP contribution >= 0.6 is 0 Å². The molecule has 1 atom stereocenters. The summed E-state index contributed by atoms with van der Waals surface area (Å²) in [6.07, 6.45) is 4.19. The first-order chi connectivity index (χ1) is 14.2. The lowest BCUT2D eigenvalue weighted by molar-refractivity contribution is 0.0714. The topological polar surface area (TPSA) is 78.6 Å². The number of furan rings is 1. The predicted molar refractivity (Wildman–Crippen MR) is 108 cm³/mol. The van der Waals surface area contributed by atoms with E-state index >= 15 is 0 Å². The summed E-state index contributed by atoms with van der Waals surface area (Å²) < 4.78 is 5.23. The van der Waals surface area contributed by atoms with E-state index in [-0.39, 0.29) is 11.9 Å². The molecule has 2 aliphatic rings. The number of hydrogen-bond acceptors (Lipinski definition) is 7. The van der Waals surface area contributed by atoms with Crippen LogP contribution in [0.3, 0.4) is 0 Å². The molecule has 1 saturated heterocycles. The zero-order valence-corrected chi connectivity index (χ0v) is 16.2. The number of para-hydroxylation sites is 1. The van der Waals surface area contributed by atoms with Crippen LogP contribution in [0.2, 0.25) is 0 Å². The number of piperazine rings is 1. The maximum Gasteiger partial charge on any atom is 0.289 e. The number of anilines is 3. The Labute approximate surface area is 168 Å². The van der Waals surface area contributed by atoms with E-state index in [1.165, 1.54) is 11.8 Å². The Balaban J connectivity index is 1.32. The van der Waals surface area contributed by atoms with Crippen molar-refractivity contribution in [1.29, 1.82) is 0 Å². The minimum Gasteiger partial charge on any atom is -0.459 e. The molecule has 1 aromatic carbocycles. The highest BCUT2D eigenvalue weighted by atomic mass is 16.3. The number of rotatable bonds is 3. The maximum atomic E-state index is 12.5. The molecule has 29 heavy (non-hydrogen) atoms. The second-order valence-corrected chi connectivity index (χ2v) is 7.42. The van der Waals surface area contributed by atoms with Gasteiger partial charge in [-0.15, -0.1) is 5.10 Å². The molecule has 1 unspecified atom stereocenters. The van der Waals surface area contributed by atoms with Gasteiger partial charge in [-0.3, -0.25) is 4.79 Å². The molecule has 0 aliphatic carbocycles. The lowest BCUT2D eigenvalue weighted by Crippen LogP contribution is -2.49. The van der Waals surface area contributed by atoms with Crippen molar-refractivity contribution >= 4 is 23.4 Å². The fraction of sp³-hybridized carbons (Fsp3) is 0.333. The number of fused-ring (bicyclic) bond motifs is 1. The number of amides is 1. The van der Waals surface area contributed by atoms with Crippen molar-refractivity contribution in [2.45, 2.75) is 19.4 Å². The third-order valence-electron chi connectivity index (χ3n) is 5.58. The molecule has 1 fully saturated rings. The van der Waals surface area contributed by atoms with Crippen LogP contribution in [0, 0.1) is 0 Å². The van der Waals surface area contributed by atoms with Crippen LogP contribution in [-0.2, 0) is 6.42 Å². The van der Waals surface area contributed by atoms with Crippen LogP contribution in [0.1, 0.15) is 23.0 Å². The van der Waals surface area contributed by atoms with Gasteiger partial charge in [-0.25, -0.2) is 0 Å². The van der Waals surface area contributed by atoms with Gasteiger partial charge < -0.3 is 19.1 Å². The van der Waals surface area contributed by atoms with E-state index in [9.17, 15) is 4.79 Å². The average Bonchev–Trinajstić information content (AvgIpc) is 3.41. The van der Waals surface area contributed by atoms with Gasteiger partial charge in [0.25, 0.3) is 11.9 Å². The van der Waals surface area contributed by atoms with E-state index < -0.39 is 0 Å². The molecule has 0 saturated carbocycles. The Morgan fingerprint density at radius 1 is 1.10 bits per heavy atom. The fourth-order valence-electron chi connectivity index (χ4n) is 4.11. The molecule has 5 rings (SSSR count). The number of carbonyl (C=O) groups excluding carboxylic acids is 1. The van der Waals surface area contributed by atoms with Crippen molar-refractivity contribution in [1.82, 2.24) is 20.1 Å². The fourth-order valence-corrected chi connectivity index (χ4v) is 4.11. The van der Waals surface area contributed by atoms with Crippen LogP contribution in [-0.4, -0.2) is 58.2 Å². The van der Waals surface area contributed by atoms with Gasteiger partial charge >= 0.3 is 0 Å². The van der Waals surface area contributed by atoms with Crippen molar-refractivity contribution in [3.05, 3.63) is 60.2 Å².